The zero-order valence-corrected chi connectivity index (χ0v) is 13.6. The van der Waals surface area contributed by atoms with E-state index in [1.165, 1.54) is 0 Å². The second kappa shape index (κ2) is 5.24. The zero-order chi connectivity index (χ0) is 16.0. The molecule has 0 bridgehead atoms. The number of rotatable bonds is 4. The molecule has 22 heavy (non-hydrogen) atoms. The van der Waals surface area contributed by atoms with Crippen LogP contribution in [0, 0.1) is 5.92 Å². The molecule has 2 fully saturated rings. The summed E-state index contributed by atoms with van der Waals surface area (Å²) in [5, 5.41) is 0. The summed E-state index contributed by atoms with van der Waals surface area (Å²) in [6.07, 6.45) is 5.18. The Labute approximate surface area is 132 Å². The second-order valence-corrected chi connectivity index (χ2v) is 7.21. The van der Waals surface area contributed by atoms with E-state index < -0.39 is 5.60 Å². The van der Waals surface area contributed by atoms with E-state index >= 15 is 0 Å². The van der Waals surface area contributed by atoms with Crippen LogP contribution in [-0.4, -0.2) is 23.3 Å². The van der Waals surface area contributed by atoms with Crippen molar-refractivity contribution in [1.29, 1.82) is 0 Å². The van der Waals surface area contributed by atoms with E-state index in [0.29, 0.717) is 17.6 Å². The van der Waals surface area contributed by atoms with E-state index in [2.05, 4.69) is 13.5 Å². The van der Waals surface area contributed by atoms with Crippen LogP contribution in [0.3, 0.4) is 0 Å². The quantitative estimate of drug-likeness (QED) is 0.617. The number of hydrogen-bond acceptors (Lipinski definition) is 3. The van der Waals surface area contributed by atoms with Gasteiger partial charge in [-0.25, -0.2) is 4.79 Å². The van der Waals surface area contributed by atoms with Crippen LogP contribution in [0.4, 0.5) is 0 Å². The van der Waals surface area contributed by atoms with Crippen LogP contribution < -0.4 is 0 Å². The standard InChI is InChI=1S/C19H24O3/c1-5-13-6-8-14(9-7-13)17(20)22-18(2,3)15-10-11-19(4)16(12-15)21-19/h5-9,15-16H,1,10-12H2,2-4H3. The maximum absolute atomic E-state index is 12.4. The van der Waals surface area contributed by atoms with Crippen LogP contribution in [-0.2, 0) is 9.47 Å². The number of esters is 1. The van der Waals surface area contributed by atoms with Crippen molar-refractivity contribution in [3.05, 3.63) is 42.0 Å². The molecule has 3 rings (SSSR count). The average molecular weight is 300 g/mol. The number of ether oxygens (including phenoxy) is 2. The van der Waals surface area contributed by atoms with Crippen molar-refractivity contribution in [3.63, 3.8) is 0 Å². The Kier molecular flexibility index (Phi) is 3.64. The molecule has 1 aromatic carbocycles. The molecule has 0 aromatic heterocycles. The van der Waals surface area contributed by atoms with Crippen molar-refractivity contribution >= 4 is 12.0 Å². The van der Waals surface area contributed by atoms with E-state index in [1.54, 1.807) is 18.2 Å². The largest absolute Gasteiger partial charge is 0.456 e. The predicted octanol–water partition coefficient (Wildman–Crippen LogP) is 4.22. The molecular formula is C19H24O3. The highest BCUT2D eigenvalue weighted by Gasteiger charge is 2.57. The summed E-state index contributed by atoms with van der Waals surface area (Å²) in [6, 6.07) is 7.33. The molecule has 1 aliphatic heterocycles. The fraction of sp³-hybridized carbons (Fsp3) is 0.526. The van der Waals surface area contributed by atoms with Crippen molar-refractivity contribution in [2.75, 3.05) is 0 Å². The Hall–Kier alpha value is -1.61. The second-order valence-electron chi connectivity index (χ2n) is 7.21. The molecule has 3 atom stereocenters. The van der Waals surface area contributed by atoms with Crippen molar-refractivity contribution in [2.45, 2.75) is 57.3 Å². The number of epoxide rings is 1. The zero-order valence-electron chi connectivity index (χ0n) is 13.6. The summed E-state index contributed by atoms with van der Waals surface area (Å²) in [6.45, 7) is 9.91. The number of hydrogen-bond donors (Lipinski definition) is 0. The molecule has 3 heteroatoms. The highest BCUT2D eigenvalue weighted by molar-refractivity contribution is 5.89. The molecule has 0 radical (unpaired) electrons. The smallest absolute Gasteiger partial charge is 0.338 e. The molecule has 0 amide bonds. The van der Waals surface area contributed by atoms with Crippen LogP contribution >= 0.6 is 0 Å². The van der Waals surface area contributed by atoms with E-state index in [-0.39, 0.29) is 11.6 Å². The lowest BCUT2D eigenvalue weighted by atomic mass is 9.75. The van der Waals surface area contributed by atoms with Crippen molar-refractivity contribution in [2.24, 2.45) is 5.92 Å². The SMILES string of the molecule is C=Cc1ccc(C(=O)OC(C)(C)C2CCC3(C)OC3C2)cc1. The summed E-state index contributed by atoms with van der Waals surface area (Å²) in [4.78, 5) is 12.4. The predicted molar refractivity (Wildman–Crippen MR) is 86.6 cm³/mol. The van der Waals surface area contributed by atoms with Gasteiger partial charge >= 0.3 is 5.97 Å². The first-order valence-corrected chi connectivity index (χ1v) is 7.98. The average Bonchev–Trinajstić information content (AvgIpc) is 3.17. The molecule has 1 saturated heterocycles. The third-order valence-corrected chi connectivity index (χ3v) is 5.24. The first-order chi connectivity index (χ1) is 10.3. The van der Waals surface area contributed by atoms with Gasteiger partial charge in [0.1, 0.15) is 5.60 Å². The van der Waals surface area contributed by atoms with Gasteiger partial charge in [0, 0.05) is 5.92 Å². The van der Waals surface area contributed by atoms with Gasteiger partial charge in [-0.1, -0.05) is 24.8 Å². The summed E-state index contributed by atoms with van der Waals surface area (Å²) in [5.41, 5.74) is 1.20. The number of benzene rings is 1. The minimum atomic E-state index is -0.471. The first-order valence-electron chi connectivity index (χ1n) is 7.98. The lowest BCUT2D eigenvalue weighted by molar-refractivity contribution is -0.0378. The molecule has 0 N–H and O–H groups in total. The Balaban J connectivity index is 1.65. The van der Waals surface area contributed by atoms with Gasteiger partial charge in [0.25, 0.3) is 0 Å². The van der Waals surface area contributed by atoms with E-state index in [0.717, 1.165) is 24.8 Å². The maximum atomic E-state index is 12.4. The molecule has 3 unspecified atom stereocenters. The molecule has 1 saturated carbocycles. The lowest BCUT2D eigenvalue weighted by Crippen LogP contribution is -2.40. The van der Waals surface area contributed by atoms with E-state index in [4.69, 9.17) is 9.47 Å². The number of fused-ring (bicyclic) bond motifs is 1. The van der Waals surface area contributed by atoms with Gasteiger partial charge in [-0.3, -0.25) is 0 Å². The minimum absolute atomic E-state index is 0.0944. The first kappa shape index (κ1) is 15.3. The summed E-state index contributed by atoms with van der Waals surface area (Å²) in [7, 11) is 0. The van der Waals surface area contributed by atoms with E-state index in [1.807, 2.05) is 26.0 Å². The Morgan fingerprint density at radius 2 is 2.09 bits per heavy atom. The van der Waals surface area contributed by atoms with Crippen LogP contribution in [0.5, 0.6) is 0 Å². The highest BCUT2D eigenvalue weighted by Crippen LogP contribution is 2.51. The van der Waals surface area contributed by atoms with Crippen LogP contribution in [0.1, 0.15) is 56.0 Å². The molecule has 2 aliphatic rings. The summed E-state index contributed by atoms with van der Waals surface area (Å²) in [5.74, 6) is 0.0927. The third-order valence-electron chi connectivity index (χ3n) is 5.24. The maximum Gasteiger partial charge on any atom is 0.338 e. The molecule has 0 spiro atoms. The monoisotopic (exact) mass is 300 g/mol. The fourth-order valence-electron chi connectivity index (χ4n) is 3.41. The van der Waals surface area contributed by atoms with E-state index in [9.17, 15) is 4.79 Å². The van der Waals surface area contributed by atoms with Crippen molar-refractivity contribution in [3.8, 4) is 0 Å². The van der Waals surface area contributed by atoms with Crippen molar-refractivity contribution < 1.29 is 14.3 Å². The van der Waals surface area contributed by atoms with Gasteiger partial charge in [-0.2, -0.15) is 0 Å². The number of carbonyl (C=O) groups is 1. The van der Waals surface area contributed by atoms with Gasteiger partial charge < -0.3 is 9.47 Å². The fourth-order valence-corrected chi connectivity index (χ4v) is 3.41. The van der Waals surface area contributed by atoms with Gasteiger partial charge in [-0.15, -0.1) is 0 Å². The Bertz CT molecular complexity index is 587. The van der Waals surface area contributed by atoms with Gasteiger partial charge in [-0.05, 0) is 57.7 Å². The van der Waals surface area contributed by atoms with Crippen LogP contribution in [0.2, 0.25) is 0 Å². The topological polar surface area (TPSA) is 38.8 Å². The normalized spacial score (nSPS) is 30.3. The van der Waals surface area contributed by atoms with Gasteiger partial charge in [0.05, 0.1) is 17.3 Å². The third kappa shape index (κ3) is 2.82. The van der Waals surface area contributed by atoms with Crippen LogP contribution in [0.15, 0.2) is 30.8 Å². The minimum Gasteiger partial charge on any atom is -0.456 e. The summed E-state index contributed by atoms with van der Waals surface area (Å²) >= 11 is 0. The molecule has 1 aliphatic carbocycles. The van der Waals surface area contributed by atoms with Gasteiger partial charge in [0.2, 0.25) is 0 Å². The van der Waals surface area contributed by atoms with Gasteiger partial charge in [0.15, 0.2) is 0 Å². The molecule has 1 heterocycles. The molecule has 1 aromatic rings. The molecular weight excluding hydrogens is 276 g/mol. The molecule has 118 valence electrons. The van der Waals surface area contributed by atoms with Crippen molar-refractivity contribution in [1.82, 2.24) is 0 Å². The molecule has 3 nitrogen and oxygen atoms in total. The number of carbonyl (C=O) groups excluding carboxylic acids is 1. The lowest BCUT2D eigenvalue weighted by Gasteiger charge is -2.36. The Morgan fingerprint density at radius 1 is 1.41 bits per heavy atom. The Morgan fingerprint density at radius 3 is 2.68 bits per heavy atom. The van der Waals surface area contributed by atoms with Crippen LogP contribution in [0.25, 0.3) is 6.08 Å². The highest BCUT2D eigenvalue weighted by atomic mass is 16.6. The summed E-state index contributed by atoms with van der Waals surface area (Å²) < 4.78 is 11.6.